The van der Waals surface area contributed by atoms with E-state index in [0.717, 1.165) is 217 Å². The number of alkyl halides is 4. The minimum absolute atomic E-state index is 0.0416. The number of aliphatic hydroxyl groups is 2. The topological polar surface area (TPSA) is 115 Å². The predicted octanol–water partition coefficient (Wildman–Crippen LogP) is 33.6. The van der Waals surface area contributed by atoms with Gasteiger partial charge in [-0.05, 0) is 442 Å². The molecule has 13 fully saturated rings. The van der Waals surface area contributed by atoms with Crippen molar-refractivity contribution < 1.29 is 29.9 Å². The summed E-state index contributed by atoms with van der Waals surface area (Å²) in [5.74, 6) is 24.9. The third-order valence-electron chi connectivity index (χ3n) is 45.5. The molecule has 0 spiro atoms. The molecule has 39 atom stereocenters. The maximum Gasteiger partial charge on any atom is 0.455 e. The van der Waals surface area contributed by atoms with E-state index in [1.54, 1.807) is 12.8 Å². The highest BCUT2D eigenvalue weighted by molar-refractivity contribution is 9.10. The van der Waals surface area contributed by atoms with Gasteiger partial charge < -0.3 is 20.3 Å². The fourth-order valence-corrected chi connectivity index (χ4v) is 43.2. The molecule has 4 N–H and O–H groups in total. The van der Waals surface area contributed by atoms with Crippen LogP contribution in [0.4, 0.5) is 0 Å². The molecule has 23 aliphatic carbocycles. The first kappa shape index (κ1) is 102. The normalized spacial score (nSPS) is 44.7. The highest BCUT2D eigenvalue weighted by Crippen LogP contribution is 2.72. The summed E-state index contributed by atoms with van der Waals surface area (Å²) in [6.45, 7) is 5.11. The van der Waals surface area contributed by atoms with Crippen molar-refractivity contribution in [2.24, 2.45) is 201 Å². The van der Waals surface area contributed by atoms with E-state index in [1.165, 1.54) is 259 Å². The smallest absolute Gasteiger partial charge is 0.427 e. The van der Waals surface area contributed by atoms with E-state index in [1.807, 2.05) is 0 Å². The molecule has 3 aromatic carbocycles. The van der Waals surface area contributed by atoms with Crippen LogP contribution in [0.25, 0.3) is 10.8 Å². The second-order valence-corrected chi connectivity index (χ2v) is 57.2. The van der Waals surface area contributed by atoms with Crippen molar-refractivity contribution in [1.29, 1.82) is 0 Å². The van der Waals surface area contributed by atoms with Gasteiger partial charge in [0.15, 0.2) is 0 Å². The highest BCUT2D eigenvalue weighted by atomic mass is 79.9. The van der Waals surface area contributed by atoms with Crippen molar-refractivity contribution in [3.05, 3.63) is 180 Å². The summed E-state index contributed by atoms with van der Waals surface area (Å²) >= 11 is 16.0. The first-order valence-corrected chi connectivity index (χ1v) is 64.0. The van der Waals surface area contributed by atoms with Gasteiger partial charge >= 0.3 is 7.12 Å². The second kappa shape index (κ2) is 45.9. The molecule has 11 heteroatoms. The molecular weight excluding hydrogens is 1990 g/mol. The zero-order valence-corrected chi connectivity index (χ0v) is 92.8. The van der Waals surface area contributed by atoms with E-state index in [0.29, 0.717) is 62.6 Å². The van der Waals surface area contributed by atoms with Gasteiger partial charge in [0.05, 0.1) is 11.7 Å². The van der Waals surface area contributed by atoms with Crippen molar-refractivity contribution in [2.75, 3.05) is 0 Å². The largest absolute Gasteiger partial charge is 0.455 e. The molecule has 0 saturated heterocycles. The fraction of sp³-hybridized carbons (Fsp3) is 0.738. The lowest BCUT2D eigenvalue weighted by Gasteiger charge is -2.61. The first-order valence-electron chi connectivity index (χ1n) is 60.3. The zero-order chi connectivity index (χ0) is 96.3. The molecule has 0 heterocycles. The molecule has 141 heavy (non-hydrogen) atoms. The Balaban J connectivity index is 0.000000102. The van der Waals surface area contributed by atoms with Crippen LogP contribution in [0.15, 0.2) is 163 Å². The third-order valence-corrected chi connectivity index (χ3v) is 49.1. The maximum atomic E-state index is 13.0. The zero-order valence-electron chi connectivity index (χ0n) is 86.4. The number of ketones is 2. The molecule has 26 rings (SSSR count). The van der Waals surface area contributed by atoms with Crippen LogP contribution in [0.5, 0.6) is 0 Å². The maximum absolute atomic E-state index is 13.0. The monoisotopic (exact) mass is 2160 g/mol. The summed E-state index contributed by atoms with van der Waals surface area (Å²) in [4.78, 5) is 27.4. The summed E-state index contributed by atoms with van der Waals surface area (Å²) in [5.41, 5.74) is 7.30. The Morgan fingerprint density at radius 3 is 1.57 bits per heavy atom. The van der Waals surface area contributed by atoms with E-state index < -0.39 is 12.7 Å². The molecule has 3 aromatic rings. The molecular formula is C130H179BBr4O6. The van der Waals surface area contributed by atoms with E-state index in [-0.39, 0.29) is 59.3 Å². The highest BCUT2D eigenvalue weighted by Gasteiger charge is 2.66. The number of rotatable bonds is 10. The van der Waals surface area contributed by atoms with E-state index in [9.17, 15) is 29.9 Å². The molecule has 0 radical (unpaired) electrons. The Morgan fingerprint density at radius 1 is 0.340 bits per heavy atom. The molecule has 23 aliphatic rings. The average Bonchev–Trinajstić information content (AvgIpc) is 1.61. The number of allylic oxidation sites excluding steroid dienone is 16. The fourth-order valence-electron chi connectivity index (χ4n) is 40.1. The predicted molar refractivity (Wildman–Crippen MR) is 597 cm³/mol. The van der Waals surface area contributed by atoms with Gasteiger partial charge in [-0.2, -0.15) is 0 Å². The van der Waals surface area contributed by atoms with Gasteiger partial charge in [-0.1, -0.05) is 337 Å². The van der Waals surface area contributed by atoms with E-state index >= 15 is 0 Å². The van der Waals surface area contributed by atoms with Crippen LogP contribution in [0.1, 0.15) is 370 Å². The van der Waals surface area contributed by atoms with Crippen molar-refractivity contribution >= 4 is 93.2 Å². The van der Waals surface area contributed by atoms with Crippen molar-refractivity contribution in [3.63, 3.8) is 0 Å². The van der Waals surface area contributed by atoms with Gasteiger partial charge in [0.2, 0.25) is 0 Å². The lowest BCUT2D eigenvalue weighted by Crippen LogP contribution is -2.63. The Bertz CT molecular complexity index is 4970. The van der Waals surface area contributed by atoms with Crippen LogP contribution >= 0.6 is 63.7 Å². The van der Waals surface area contributed by atoms with Crippen LogP contribution in [0.3, 0.4) is 0 Å². The Morgan fingerprint density at radius 2 is 0.879 bits per heavy atom. The van der Waals surface area contributed by atoms with Crippen molar-refractivity contribution in [3.8, 4) is 0 Å². The summed E-state index contributed by atoms with van der Waals surface area (Å²) in [6.07, 6.45) is 102. The van der Waals surface area contributed by atoms with Crippen LogP contribution in [0, 0.1) is 201 Å². The Labute approximate surface area is 886 Å². The molecule has 0 amide bonds. The summed E-state index contributed by atoms with van der Waals surface area (Å²) in [5, 5.41) is 48.2. The molecule has 39 unspecified atom stereocenters. The number of hydrogen-bond acceptors (Lipinski definition) is 6. The van der Waals surface area contributed by atoms with Crippen molar-refractivity contribution in [1.82, 2.24) is 0 Å². The average molecular weight is 2170 g/mol. The number of carbonyl (C=O) groups excluding carboxylic acids is 2. The number of Topliss-reactive ketones (excluding diaryl/α,β-unsaturated/α-hetero) is 2. The number of hydrogen-bond donors (Lipinski definition) is 4. The molecule has 6 nitrogen and oxygen atoms in total. The minimum Gasteiger partial charge on any atom is -0.427 e. The standard InChI is InChI=1S/C30H35BrO2.2C30H45Br.C26H35BO2.C14H19BrO2/c31-26-18-17-25-28(27(26)20-10-2-1-3-11-20)29(32)22-14-6-7-15-24(22)30(25,33)23-16-8-12-19-9-4-5-13-21(19)23;1-18(2)26-23-15-16-24(26)30-28(20-11-7-4-8-12-20)25-17-21(31)13-14-22(25)27(29(23)30)19-9-5-3-6-10-19;31-22-17-18-27-28(19-22)29(21-10-2-1-3-11-21)25-14-6-7-15-26(25)30(27)24-16-8-12-20-9-4-5-13-23(20)24;28-27(29)25-17-24(21-16-8-12-18-9-4-5-13-20(18)21)22-14-6-7-15-23(22)26(25)19-10-2-1-3-11-19;15-8-5-6-11-12(7-8)14(17)10-4-2-1-3-9(10)13(11)16/h2,4-10,12-13,16,20,22,24-29,32-33H,1,3,11,14-15,17-18H2;5,9,18-28H,3-4,6-8,10-17H2,1-2H3;6-8,16,20-30H,1-5,9-15,17-19H2;5-8,13-16,18-21,24-26,28-29H,1-4,9-12,17H2;8-12H,1-7H2. The first-order chi connectivity index (χ1) is 69.0. The molecule has 2 bridgehead atoms. The van der Waals surface area contributed by atoms with E-state index in [2.05, 4.69) is 241 Å². The summed E-state index contributed by atoms with van der Waals surface area (Å²) < 4.78 is 0. The van der Waals surface area contributed by atoms with Gasteiger partial charge in [-0.25, -0.2) is 0 Å². The summed E-state index contributed by atoms with van der Waals surface area (Å²) in [6, 6.07) is 23.9. The van der Waals surface area contributed by atoms with Crippen LogP contribution in [0.2, 0.25) is 5.82 Å². The van der Waals surface area contributed by atoms with Crippen LogP contribution < -0.4 is 0 Å². The van der Waals surface area contributed by atoms with Gasteiger partial charge in [0.1, 0.15) is 11.6 Å². The van der Waals surface area contributed by atoms with E-state index in [4.69, 9.17) is 0 Å². The van der Waals surface area contributed by atoms with Gasteiger partial charge in [0, 0.05) is 54.7 Å². The molecule has 0 aliphatic heterocycles. The number of aliphatic hydroxyl groups excluding tert-OH is 1. The number of halogens is 4. The Hall–Kier alpha value is -3.00. The van der Waals surface area contributed by atoms with Gasteiger partial charge in [-0.3, -0.25) is 9.59 Å². The Kier molecular flexibility index (Phi) is 33.3. The second-order valence-electron chi connectivity index (χ2n) is 52.2. The van der Waals surface area contributed by atoms with Gasteiger partial charge in [-0.15, -0.1) is 0 Å². The van der Waals surface area contributed by atoms with Crippen molar-refractivity contribution in [2.45, 2.75) is 390 Å². The number of carbonyl (C=O) groups is 2. The SMILES string of the molecule is BrC1CCC2C(C1)C(C1CCCCC1)C1CC=CCC1C2C1C=CCC2CCCCC21.CC(C)C1C2CCC1C1=C2C(C2C=CCCC2)C2CCC(Br)CC2C1C1CCCCC1.O=C1C2CCCCC2C(=O)C2CC(Br)CCC12.OB(O)C1CC(C2C=CCC3CCC=CC32)c2ccccc2C1C1CCCCC1.OC1C2CC=CCC2C(O)(c2cccc3ccccc23)C2CCC(Br)C(C3C=CCCC3)C12. The molecule has 13 saturated carbocycles. The quantitative estimate of drug-likeness (QED) is 0.0913. The minimum atomic E-state index is -1.22. The van der Waals surface area contributed by atoms with Gasteiger partial charge in [0.25, 0.3) is 0 Å². The van der Waals surface area contributed by atoms with Crippen LogP contribution in [-0.4, -0.2) is 64.4 Å². The molecule has 0 aromatic heterocycles. The van der Waals surface area contributed by atoms with Crippen LogP contribution in [-0.2, 0) is 15.2 Å². The number of benzene rings is 3. The lowest BCUT2D eigenvalue weighted by molar-refractivity contribution is -0.215. The summed E-state index contributed by atoms with van der Waals surface area (Å²) in [7, 11) is -1.22. The third kappa shape index (κ3) is 20.3. The lowest BCUT2D eigenvalue weighted by atomic mass is 9.45. The molecule has 766 valence electrons. The number of fused-ring (bicyclic) bond motifs is 15.